The molecule has 26 heavy (non-hydrogen) atoms. The van der Waals surface area contributed by atoms with Gasteiger partial charge >= 0.3 is 5.97 Å². The molecule has 0 aliphatic carbocycles. The van der Waals surface area contributed by atoms with Crippen LogP contribution in [0.25, 0.3) is 0 Å². The van der Waals surface area contributed by atoms with E-state index in [2.05, 4.69) is 57.0 Å². The zero-order valence-corrected chi connectivity index (χ0v) is 16.9. The molecule has 0 unspecified atom stereocenters. The van der Waals surface area contributed by atoms with Crippen LogP contribution < -0.4 is 0 Å². The maximum atomic E-state index is 12.4. The number of hydrogen-bond acceptors (Lipinski definition) is 4. The van der Waals surface area contributed by atoms with Gasteiger partial charge in [-0.1, -0.05) is 45.0 Å². The summed E-state index contributed by atoms with van der Waals surface area (Å²) in [5.41, 5.74) is 2.79. The number of carbonyl (C=O) groups is 2. The molecule has 1 fully saturated rings. The number of rotatable bonds is 6. The highest BCUT2D eigenvalue weighted by Crippen LogP contribution is 2.27. The van der Waals surface area contributed by atoms with Crippen LogP contribution in [0.3, 0.4) is 0 Å². The Kier molecular flexibility index (Phi) is 6.99. The third-order valence-electron chi connectivity index (χ3n) is 5.38. The molecule has 4 heteroatoms. The van der Waals surface area contributed by atoms with Crippen LogP contribution in [-0.2, 0) is 26.2 Å². The van der Waals surface area contributed by atoms with E-state index < -0.39 is 5.97 Å². The average molecular weight is 360 g/mol. The van der Waals surface area contributed by atoms with Crippen molar-refractivity contribution in [1.29, 1.82) is 0 Å². The Morgan fingerprint density at radius 3 is 2.42 bits per heavy atom. The van der Waals surface area contributed by atoms with E-state index >= 15 is 0 Å². The summed E-state index contributed by atoms with van der Waals surface area (Å²) in [6.45, 7) is 9.64. The number of hydrogen-bond donors (Lipinski definition) is 0. The van der Waals surface area contributed by atoms with Gasteiger partial charge in [0.1, 0.15) is 12.2 Å². The standard InChI is InChI=1S/C22H33NO3/c1-6-26-21(25)15-20(24)17-11-12-23(5)19(14-17)13-16-7-9-18(10-8-16)22(2,3)4/h7-10,17,19H,6,11-15H2,1-5H3/t17-,19-/m1/s1. The van der Waals surface area contributed by atoms with Gasteiger partial charge in [0.25, 0.3) is 0 Å². The lowest BCUT2D eigenvalue weighted by Gasteiger charge is -2.36. The maximum absolute atomic E-state index is 12.4. The smallest absolute Gasteiger partial charge is 0.313 e. The Balaban J connectivity index is 1.97. The predicted octanol–water partition coefficient (Wildman–Crippen LogP) is 3.76. The normalized spacial score (nSPS) is 21.4. The second-order valence-electron chi connectivity index (χ2n) is 8.45. The summed E-state index contributed by atoms with van der Waals surface area (Å²) in [4.78, 5) is 26.4. The molecule has 0 aromatic heterocycles. The lowest BCUT2D eigenvalue weighted by molar-refractivity contribution is -0.146. The summed E-state index contributed by atoms with van der Waals surface area (Å²) in [7, 11) is 2.13. The first kappa shape index (κ1) is 20.6. The Morgan fingerprint density at radius 2 is 1.85 bits per heavy atom. The predicted molar refractivity (Wildman–Crippen MR) is 104 cm³/mol. The van der Waals surface area contributed by atoms with Gasteiger partial charge in [-0.25, -0.2) is 0 Å². The van der Waals surface area contributed by atoms with Crippen LogP contribution in [0.5, 0.6) is 0 Å². The molecule has 1 aromatic carbocycles. The number of likely N-dealkylation sites (N-methyl/N-ethyl adjacent to an activating group) is 1. The topological polar surface area (TPSA) is 46.6 Å². The fourth-order valence-corrected chi connectivity index (χ4v) is 3.61. The number of piperidine rings is 1. The van der Waals surface area contributed by atoms with Gasteiger partial charge in [-0.3, -0.25) is 9.59 Å². The number of ether oxygens (including phenoxy) is 1. The van der Waals surface area contributed by atoms with Crippen LogP contribution in [0.1, 0.15) is 58.1 Å². The Bertz CT molecular complexity index is 615. The van der Waals surface area contributed by atoms with E-state index in [1.54, 1.807) is 6.92 Å². The van der Waals surface area contributed by atoms with Gasteiger partial charge in [-0.2, -0.15) is 0 Å². The zero-order chi connectivity index (χ0) is 19.3. The van der Waals surface area contributed by atoms with Crippen LogP contribution >= 0.6 is 0 Å². The van der Waals surface area contributed by atoms with Crippen molar-refractivity contribution in [2.24, 2.45) is 5.92 Å². The highest BCUT2D eigenvalue weighted by Gasteiger charge is 2.31. The van der Waals surface area contributed by atoms with Gasteiger partial charge in [0.2, 0.25) is 0 Å². The molecule has 0 N–H and O–H groups in total. The van der Waals surface area contributed by atoms with E-state index in [1.807, 2.05) is 0 Å². The molecule has 0 radical (unpaired) electrons. The lowest BCUT2D eigenvalue weighted by Crippen LogP contribution is -2.43. The van der Waals surface area contributed by atoms with Gasteiger partial charge in [0, 0.05) is 12.0 Å². The van der Waals surface area contributed by atoms with Crippen molar-refractivity contribution in [3.63, 3.8) is 0 Å². The Labute approximate surface area is 157 Å². The summed E-state index contributed by atoms with van der Waals surface area (Å²) in [6, 6.07) is 9.17. The highest BCUT2D eigenvalue weighted by atomic mass is 16.5. The van der Waals surface area contributed by atoms with Gasteiger partial charge < -0.3 is 9.64 Å². The van der Waals surface area contributed by atoms with Gasteiger partial charge in [-0.15, -0.1) is 0 Å². The molecule has 1 aliphatic rings. The molecule has 0 spiro atoms. The minimum Gasteiger partial charge on any atom is -0.466 e. The summed E-state index contributed by atoms with van der Waals surface area (Å²) in [6.07, 6.45) is 2.49. The second-order valence-corrected chi connectivity index (χ2v) is 8.45. The molecule has 1 heterocycles. The first-order valence-electron chi connectivity index (χ1n) is 9.68. The largest absolute Gasteiger partial charge is 0.466 e. The molecular formula is C22H33NO3. The number of Topliss-reactive ketones (excluding diaryl/α,β-unsaturated/α-hetero) is 1. The van der Waals surface area contributed by atoms with Crippen LogP contribution in [0.2, 0.25) is 0 Å². The van der Waals surface area contributed by atoms with E-state index in [4.69, 9.17) is 4.74 Å². The Morgan fingerprint density at radius 1 is 1.19 bits per heavy atom. The maximum Gasteiger partial charge on any atom is 0.313 e. The minimum atomic E-state index is -0.397. The van der Waals surface area contributed by atoms with Crippen molar-refractivity contribution < 1.29 is 14.3 Å². The molecule has 2 rings (SSSR count). The Hall–Kier alpha value is -1.68. The van der Waals surface area contributed by atoms with Crippen LogP contribution in [0.4, 0.5) is 0 Å². The van der Waals surface area contributed by atoms with Crippen molar-refractivity contribution in [2.45, 2.75) is 64.8 Å². The van der Waals surface area contributed by atoms with Crippen molar-refractivity contribution in [1.82, 2.24) is 4.90 Å². The van der Waals surface area contributed by atoms with Gasteiger partial charge in [0.15, 0.2) is 0 Å². The number of nitrogens with zero attached hydrogens (tertiary/aromatic N) is 1. The van der Waals surface area contributed by atoms with Crippen LogP contribution in [0.15, 0.2) is 24.3 Å². The van der Waals surface area contributed by atoms with Crippen molar-refractivity contribution in [3.8, 4) is 0 Å². The molecule has 144 valence electrons. The molecular weight excluding hydrogens is 326 g/mol. The van der Waals surface area contributed by atoms with Gasteiger partial charge in [0.05, 0.1) is 6.61 Å². The fourth-order valence-electron chi connectivity index (χ4n) is 3.61. The number of esters is 1. The second kappa shape index (κ2) is 8.81. The number of ketones is 1. The van der Waals surface area contributed by atoms with Crippen molar-refractivity contribution >= 4 is 11.8 Å². The molecule has 1 saturated heterocycles. The first-order valence-corrected chi connectivity index (χ1v) is 9.68. The van der Waals surface area contributed by atoms with Crippen LogP contribution in [0, 0.1) is 5.92 Å². The summed E-state index contributed by atoms with van der Waals surface area (Å²) < 4.78 is 4.92. The molecule has 0 saturated carbocycles. The molecule has 1 aromatic rings. The van der Waals surface area contributed by atoms with Crippen LogP contribution in [-0.4, -0.2) is 42.9 Å². The number of carbonyl (C=O) groups excluding carboxylic acids is 2. The van der Waals surface area contributed by atoms with E-state index in [0.717, 1.165) is 25.8 Å². The molecule has 4 nitrogen and oxygen atoms in total. The summed E-state index contributed by atoms with van der Waals surface area (Å²) >= 11 is 0. The summed E-state index contributed by atoms with van der Waals surface area (Å²) in [5.74, 6) is -0.398. The third kappa shape index (κ3) is 5.66. The monoisotopic (exact) mass is 359 g/mol. The molecule has 0 bridgehead atoms. The minimum absolute atomic E-state index is 0.0321. The quantitative estimate of drug-likeness (QED) is 0.573. The summed E-state index contributed by atoms with van der Waals surface area (Å²) in [5, 5.41) is 0. The van der Waals surface area contributed by atoms with Crippen molar-refractivity contribution in [2.75, 3.05) is 20.2 Å². The highest BCUT2D eigenvalue weighted by molar-refractivity contribution is 5.96. The number of likely N-dealkylation sites (tertiary alicyclic amines) is 1. The lowest BCUT2D eigenvalue weighted by atomic mass is 9.83. The first-order chi connectivity index (χ1) is 12.2. The third-order valence-corrected chi connectivity index (χ3v) is 5.38. The van der Waals surface area contributed by atoms with Gasteiger partial charge in [-0.05, 0) is 56.3 Å². The van der Waals surface area contributed by atoms with E-state index in [9.17, 15) is 9.59 Å². The van der Waals surface area contributed by atoms with E-state index in [0.29, 0.717) is 12.6 Å². The number of benzene rings is 1. The fraction of sp³-hybridized carbons (Fsp3) is 0.636. The van der Waals surface area contributed by atoms with E-state index in [-0.39, 0.29) is 23.5 Å². The molecule has 0 amide bonds. The average Bonchev–Trinajstić information content (AvgIpc) is 2.56. The SMILES string of the molecule is CCOC(=O)CC(=O)[C@@H]1CCN(C)[C@H](Cc2ccc(C(C)(C)C)cc2)C1. The van der Waals surface area contributed by atoms with Crippen molar-refractivity contribution in [3.05, 3.63) is 35.4 Å². The zero-order valence-electron chi connectivity index (χ0n) is 16.9. The van der Waals surface area contributed by atoms with E-state index in [1.165, 1.54) is 11.1 Å². The molecule has 1 aliphatic heterocycles. The molecule has 2 atom stereocenters.